The van der Waals surface area contributed by atoms with Gasteiger partial charge in [0.05, 0.1) is 13.2 Å². The van der Waals surface area contributed by atoms with Crippen LogP contribution < -0.4 is 4.74 Å². The molecule has 7 nitrogen and oxygen atoms in total. The van der Waals surface area contributed by atoms with E-state index < -0.39 is 0 Å². The van der Waals surface area contributed by atoms with Crippen molar-refractivity contribution in [3.63, 3.8) is 0 Å². The first-order chi connectivity index (χ1) is 12.1. The van der Waals surface area contributed by atoms with Crippen LogP contribution in [0.3, 0.4) is 0 Å². The van der Waals surface area contributed by atoms with Crippen LogP contribution in [0.5, 0.6) is 5.19 Å². The zero-order valence-corrected chi connectivity index (χ0v) is 15.8. The van der Waals surface area contributed by atoms with E-state index in [1.807, 2.05) is 11.8 Å². The number of carbonyl (C=O) groups is 1. The Kier molecular flexibility index (Phi) is 4.68. The molecule has 0 saturated carbocycles. The van der Waals surface area contributed by atoms with Gasteiger partial charge in [-0.05, 0) is 25.7 Å². The van der Waals surface area contributed by atoms with E-state index in [1.54, 1.807) is 0 Å². The molecule has 138 valence electrons. The van der Waals surface area contributed by atoms with Gasteiger partial charge in [0, 0.05) is 38.2 Å². The van der Waals surface area contributed by atoms with Crippen LogP contribution in [0.25, 0.3) is 0 Å². The number of rotatable bonds is 5. The number of likely N-dealkylation sites (tertiary alicyclic amines) is 2. The highest BCUT2D eigenvalue weighted by Gasteiger charge is 2.51. The van der Waals surface area contributed by atoms with Crippen LogP contribution in [0.15, 0.2) is 0 Å². The van der Waals surface area contributed by atoms with Gasteiger partial charge in [0.2, 0.25) is 0 Å². The maximum absolute atomic E-state index is 12.6. The highest BCUT2D eigenvalue weighted by Crippen LogP contribution is 2.43. The van der Waals surface area contributed by atoms with Crippen LogP contribution >= 0.6 is 11.3 Å². The molecule has 3 aliphatic heterocycles. The van der Waals surface area contributed by atoms with Crippen molar-refractivity contribution in [3.8, 4) is 5.19 Å². The van der Waals surface area contributed by atoms with E-state index in [-0.39, 0.29) is 17.4 Å². The molecular weight excluding hydrogens is 340 g/mol. The van der Waals surface area contributed by atoms with Crippen LogP contribution in [0.1, 0.15) is 31.7 Å². The first-order valence-corrected chi connectivity index (χ1v) is 9.97. The molecule has 3 aliphatic rings. The lowest BCUT2D eigenvalue weighted by Crippen LogP contribution is -2.40. The second kappa shape index (κ2) is 6.81. The van der Waals surface area contributed by atoms with Crippen molar-refractivity contribution in [3.05, 3.63) is 5.01 Å². The molecule has 0 unspecified atom stereocenters. The maximum atomic E-state index is 12.6. The normalized spacial score (nSPS) is 32.3. The summed E-state index contributed by atoms with van der Waals surface area (Å²) in [5.41, 5.74) is 0.168. The van der Waals surface area contributed by atoms with E-state index in [4.69, 9.17) is 9.47 Å². The van der Waals surface area contributed by atoms with Gasteiger partial charge in [-0.2, -0.15) is 0 Å². The second-order valence-electron chi connectivity index (χ2n) is 7.64. The second-order valence-corrected chi connectivity index (χ2v) is 8.66. The molecule has 4 rings (SSSR count). The summed E-state index contributed by atoms with van der Waals surface area (Å²) in [6, 6.07) is 0. The van der Waals surface area contributed by atoms with Crippen LogP contribution in [0.2, 0.25) is 0 Å². The average molecular weight is 366 g/mol. The van der Waals surface area contributed by atoms with Crippen LogP contribution in [0.4, 0.5) is 0 Å². The minimum absolute atomic E-state index is 0.168. The SMILES string of the molecule is CCOc1nnc(CN2C[C@@H]3CN(C(=O)[C@H]4CCCO4)C[C@]3(C)C2)s1. The smallest absolute Gasteiger partial charge is 0.294 e. The van der Waals surface area contributed by atoms with Crippen molar-refractivity contribution in [1.29, 1.82) is 0 Å². The molecule has 0 aromatic carbocycles. The van der Waals surface area contributed by atoms with Gasteiger partial charge in [0.1, 0.15) is 11.1 Å². The van der Waals surface area contributed by atoms with Gasteiger partial charge in [-0.15, -0.1) is 10.2 Å². The number of fused-ring (bicyclic) bond motifs is 1. The number of hydrogen-bond donors (Lipinski definition) is 0. The number of amides is 1. The van der Waals surface area contributed by atoms with Crippen molar-refractivity contribution in [1.82, 2.24) is 20.0 Å². The highest BCUT2D eigenvalue weighted by atomic mass is 32.1. The predicted octanol–water partition coefficient (Wildman–Crippen LogP) is 1.40. The number of hydrogen-bond acceptors (Lipinski definition) is 7. The van der Waals surface area contributed by atoms with Crippen LogP contribution in [-0.4, -0.2) is 71.4 Å². The summed E-state index contributed by atoms with van der Waals surface area (Å²) in [4.78, 5) is 17.1. The number of carbonyl (C=O) groups excluding carboxylic acids is 1. The third-order valence-electron chi connectivity index (χ3n) is 5.63. The Morgan fingerprint density at radius 1 is 1.40 bits per heavy atom. The molecule has 0 radical (unpaired) electrons. The Morgan fingerprint density at radius 2 is 2.28 bits per heavy atom. The molecule has 1 aromatic heterocycles. The van der Waals surface area contributed by atoms with Gasteiger partial charge in [0.25, 0.3) is 11.1 Å². The summed E-state index contributed by atoms with van der Waals surface area (Å²) in [5, 5.41) is 9.95. The van der Waals surface area contributed by atoms with Crippen LogP contribution in [-0.2, 0) is 16.1 Å². The first-order valence-electron chi connectivity index (χ1n) is 9.15. The molecule has 25 heavy (non-hydrogen) atoms. The van der Waals surface area contributed by atoms with Gasteiger partial charge in [-0.1, -0.05) is 18.3 Å². The maximum Gasteiger partial charge on any atom is 0.294 e. The van der Waals surface area contributed by atoms with Gasteiger partial charge in [-0.3, -0.25) is 9.69 Å². The fourth-order valence-electron chi connectivity index (χ4n) is 4.40. The molecule has 3 atom stereocenters. The van der Waals surface area contributed by atoms with E-state index in [9.17, 15) is 4.79 Å². The Morgan fingerprint density at radius 3 is 3.00 bits per heavy atom. The minimum Gasteiger partial charge on any atom is -0.469 e. The lowest BCUT2D eigenvalue weighted by Gasteiger charge is -2.26. The first kappa shape index (κ1) is 17.2. The summed E-state index contributed by atoms with van der Waals surface area (Å²) >= 11 is 1.53. The summed E-state index contributed by atoms with van der Waals surface area (Å²) in [7, 11) is 0. The molecule has 3 fully saturated rings. The highest BCUT2D eigenvalue weighted by molar-refractivity contribution is 7.13. The molecular formula is C17H26N4O3S. The Bertz CT molecular complexity index is 633. The third-order valence-corrected chi connectivity index (χ3v) is 6.45. The zero-order valence-electron chi connectivity index (χ0n) is 14.9. The number of ether oxygens (including phenoxy) is 2. The molecule has 1 amide bonds. The molecule has 3 saturated heterocycles. The van der Waals surface area contributed by atoms with Gasteiger partial charge in [0.15, 0.2) is 0 Å². The fraction of sp³-hybridized carbons (Fsp3) is 0.824. The lowest BCUT2D eigenvalue weighted by atomic mass is 9.83. The lowest BCUT2D eigenvalue weighted by molar-refractivity contribution is -0.140. The summed E-state index contributed by atoms with van der Waals surface area (Å²) in [5.74, 6) is 0.724. The van der Waals surface area contributed by atoms with E-state index in [2.05, 4.69) is 22.0 Å². The minimum atomic E-state index is -0.197. The Hall–Kier alpha value is -1.25. The van der Waals surface area contributed by atoms with Crippen molar-refractivity contribution in [2.24, 2.45) is 11.3 Å². The molecule has 0 spiro atoms. The number of nitrogens with zero attached hydrogens (tertiary/aromatic N) is 4. The molecule has 0 N–H and O–H groups in total. The van der Waals surface area contributed by atoms with E-state index in [0.29, 0.717) is 17.7 Å². The van der Waals surface area contributed by atoms with Crippen LogP contribution in [0, 0.1) is 11.3 Å². The van der Waals surface area contributed by atoms with Crippen molar-refractivity contribution >= 4 is 17.2 Å². The van der Waals surface area contributed by atoms with Crippen molar-refractivity contribution < 1.29 is 14.3 Å². The standard InChI is InChI=1S/C17H26N4O3S/c1-3-23-16-19-18-14(25-16)9-20-7-12-8-21(11-17(12,2)10-20)15(22)13-5-4-6-24-13/h12-13H,3-11H2,1-2H3/t12-,13-,17+/m1/s1. The molecule has 0 aliphatic carbocycles. The van der Waals surface area contributed by atoms with E-state index in [0.717, 1.165) is 57.2 Å². The van der Waals surface area contributed by atoms with Crippen molar-refractivity contribution in [2.45, 2.75) is 39.3 Å². The van der Waals surface area contributed by atoms with E-state index in [1.165, 1.54) is 11.3 Å². The Labute approximate surface area is 152 Å². The zero-order chi connectivity index (χ0) is 17.4. The average Bonchev–Trinajstić information content (AvgIpc) is 3.31. The van der Waals surface area contributed by atoms with Gasteiger partial charge >= 0.3 is 0 Å². The van der Waals surface area contributed by atoms with Gasteiger partial charge < -0.3 is 14.4 Å². The molecule has 1 aromatic rings. The van der Waals surface area contributed by atoms with Crippen molar-refractivity contribution in [2.75, 3.05) is 39.4 Å². The fourth-order valence-corrected chi connectivity index (χ4v) is 5.19. The third kappa shape index (κ3) is 3.39. The molecule has 4 heterocycles. The largest absolute Gasteiger partial charge is 0.469 e. The molecule has 8 heteroatoms. The van der Waals surface area contributed by atoms with E-state index >= 15 is 0 Å². The summed E-state index contributed by atoms with van der Waals surface area (Å²) < 4.78 is 11.0. The number of aromatic nitrogens is 2. The quantitative estimate of drug-likeness (QED) is 0.785. The monoisotopic (exact) mass is 366 g/mol. The Balaban J connectivity index is 1.34. The summed E-state index contributed by atoms with van der Waals surface area (Å²) in [6.45, 7) is 10.1. The molecule has 0 bridgehead atoms. The summed E-state index contributed by atoms with van der Waals surface area (Å²) in [6.07, 6.45) is 1.68. The predicted molar refractivity (Wildman–Crippen MR) is 93.5 cm³/mol. The topological polar surface area (TPSA) is 67.8 Å². The van der Waals surface area contributed by atoms with Gasteiger partial charge in [-0.25, -0.2) is 0 Å².